The van der Waals surface area contributed by atoms with Crippen LogP contribution in [-0.4, -0.2) is 160 Å². The summed E-state index contributed by atoms with van der Waals surface area (Å²) >= 11 is 0. The van der Waals surface area contributed by atoms with Crippen LogP contribution in [0.25, 0.3) is 0 Å². The third-order valence-corrected chi connectivity index (χ3v) is 18.3. The van der Waals surface area contributed by atoms with Gasteiger partial charge in [0.15, 0.2) is 0 Å². The molecular formula is C65H90N2O14. The lowest BCUT2D eigenvalue weighted by Gasteiger charge is -2.39. The molecule has 16 heteroatoms. The lowest BCUT2D eigenvalue weighted by atomic mass is 9.66. The molecule has 2 aromatic rings. The second kappa shape index (κ2) is 25.4. The van der Waals surface area contributed by atoms with Crippen LogP contribution < -0.4 is 9.47 Å². The zero-order valence-electron chi connectivity index (χ0n) is 49.4. The van der Waals surface area contributed by atoms with E-state index >= 15 is 4.79 Å². The summed E-state index contributed by atoms with van der Waals surface area (Å²) in [6, 6.07) is 8.54. The number of unbranched alkanes of at least 4 members (excludes halogenated alkanes) is 9. The minimum absolute atomic E-state index is 0.0246. The minimum Gasteiger partial charge on any atom is -0.490 e. The molecule has 16 nitrogen and oxygen atoms in total. The second-order valence-corrected chi connectivity index (χ2v) is 25.8. The number of carbonyl (C=O) groups excluding carboxylic acids is 4. The van der Waals surface area contributed by atoms with E-state index in [-0.39, 0.29) is 74.7 Å². The number of likely N-dealkylation sites (tertiary alicyclic amines) is 2. The summed E-state index contributed by atoms with van der Waals surface area (Å²) in [7, 11) is 1.76. The van der Waals surface area contributed by atoms with Crippen LogP contribution in [0.5, 0.6) is 11.5 Å². The Bertz CT molecular complexity index is 2540. The number of methoxy groups -OCH3 is 1. The third kappa shape index (κ3) is 12.9. The molecule has 0 radical (unpaired) electrons. The Morgan fingerprint density at radius 1 is 0.654 bits per heavy atom. The van der Waals surface area contributed by atoms with Crippen molar-refractivity contribution in [2.75, 3.05) is 79.7 Å². The number of imide groups is 2. The first-order chi connectivity index (χ1) is 38.9. The average Bonchev–Trinajstić information content (AvgIpc) is 4.41. The molecule has 12 unspecified atom stereocenters. The van der Waals surface area contributed by atoms with Gasteiger partial charge in [-0.1, -0.05) is 121 Å². The summed E-state index contributed by atoms with van der Waals surface area (Å²) in [5.41, 5.74) is 3.05. The van der Waals surface area contributed by atoms with Gasteiger partial charge in [-0.15, -0.1) is 0 Å². The van der Waals surface area contributed by atoms with Gasteiger partial charge >= 0.3 is 0 Å². The van der Waals surface area contributed by atoms with Crippen LogP contribution in [-0.2, 0) is 52.3 Å². The van der Waals surface area contributed by atoms with Gasteiger partial charge in [-0.05, 0) is 98.1 Å². The molecule has 0 saturated carbocycles. The highest BCUT2D eigenvalue weighted by molar-refractivity contribution is 6.08. The van der Waals surface area contributed by atoms with Crippen LogP contribution in [0.3, 0.4) is 0 Å². The highest BCUT2D eigenvalue weighted by Gasteiger charge is 2.71. The number of fused-ring (bicyclic) bond motifs is 10. The SMILES string of the molecule is COCCCCCCCCCCCCOCC(O)COCC12C=CC(O1)C1C(=O)N(CCC(C)CC(C)(C)CN3C(=O)C4C5C=CC(C(c6cc(C)c(OCC7CO7)c(C)c6)c6cc(C)c(OCC7CO7)c(C)c6)(O5)C4C3=O)C(=O)C12. The number of aryl methyl sites for hydroxylation is 4. The number of ether oxygens (including phenoxy) is 9. The molecule has 4 bridgehead atoms. The quantitative estimate of drug-likeness (QED) is 0.0299. The molecule has 12 atom stereocenters. The van der Waals surface area contributed by atoms with Crippen molar-refractivity contribution in [2.45, 2.75) is 173 Å². The number of epoxide rings is 2. The van der Waals surface area contributed by atoms with E-state index in [4.69, 9.17) is 42.6 Å². The predicted octanol–water partition coefficient (Wildman–Crippen LogP) is 8.61. The van der Waals surface area contributed by atoms with Crippen molar-refractivity contribution in [2.24, 2.45) is 35.0 Å². The summed E-state index contributed by atoms with van der Waals surface area (Å²) < 4.78 is 53.7. The lowest BCUT2D eigenvalue weighted by molar-refractivity contribution is -0.148. The Hall–Kier alpha value is -4.52. The number of hydrogen-bond acceptors (Lipinski definition) is 14. The first kappa shape index (κ1) is 59.6. The molecule has 0 spiro atoms. The zero-order valence-corrected chi connectivity index (χ0v) is 49.4. The van der Waals surface area contributed by atoms with E-state index in [9.17, 15) is 19.5 Å². The largest absolute Gasteiger partial charge is 0.490 e. The fourth-order valence-corrected chi connectivity index (χ4v) is 14.5. The van der Waals surface area contributed by atoms with E-state index in [1.54, 1.807) is 7.11 Å². The van der Waals surface area contributed by atoms with Crippen molar-refractivity contribution in [1.82, 2.24) is 9.80 Å². The van der Waals surface area contributed by atoms with Gasteiger partial charge in [-0.2, -0.15) is 0 Å². The molecule has 1 N–H and O–H groups in total. The molecule has 10 rings (SSSR count). The molecule has 6 saturated heterocycles. The van der Waals surface area contributed by atoms with Crippen LogP contribution in [0.15, 0.2) is 48.6 Å². The van der Waals surface area contributed by atoms with Gasteiger partial charge in [-0.3, -0.25) is 29.0 Å². The molecule has 8 aliphatic heterocycles. The number of benzene rings is 2. The smallest absolute Gasteiger partial charge is 0.236 e. The van der Waals surface area contributed by atoms with Crippen LogP contribution in [0, 0.1) is 62.7 Å². The van der Waals surface area contributed by atoms with Gasteiger partial charge in [0, 0.05) is 39.3 Å². The van der Waals surface area contributed by atoms with Gasteiger partial charge in [-0.25, -0.2) is 0 Å². The average molecular weight is 1120 g/mol. The van der Waals surface area contributed by atoms with E-state index in [1.165, 1.54) is 54.7 Å². The summed E-state index contributed by atoms with van der Waals surface area (Å²) in [6.45, 7) is 18.9. The standard InChI is InChI=1S/C65H90N2O14/c1-40(21-24-66-59(69)52-50-19-22-64(80-50,55(52)61(66)71)39-75-33-47(68)32-74-26-18-16-14-12-10-9-11-13-15-17-25-73-8)31-63(6,7)38-67-60(70)53-51-20-23-65(81-51,56(53)62(67)72)54(45-27-41(2)57(42(3)28-45)78-36-48-34-76-48)46-29-43(4)58(44(5)30-46)79-37-49-35-77-49/h19-20,22-23,27-30,40,47-56,68H,9-18,21,24-26,31-39H2,1-8H3. The molecule has 2 aromatic carbocycles. The fourth-order valence-electron chi connectivity index (χ4n) is 14.5. The van der Waals surface area contributed by atoms with Crippen LogP contribution >= 0.6 is 0 Å². The molecule has 4 amide bonds. The maximum Gasteiger partial charge on any atom is 0.236 e. The van der Waals surface area contributed by atoms with Crippen molar-refractivity contribution in [1.29, 1.82) is 0 Å². The number of nitrogens with zero attached hydrogens (tertiary/aromatic N) is 2. The number of rotatable bonds is 35. The molecule has 8 heterocycles. The Morgan fingerprint density at radius 2 is 1.15 bits per heavy atom. The molecule has 81 heavy (non-hydrogen) atoms. The van der Waals surface area contributed by atoms with Crippen molar-refractivity contribution in [3.8, 4) is 11.5 Å². The van der Waals surface area contributed by atoms with Gasteiger partial charge in [0.05, 0.1) is 68.9 Å². The number of aliphatic hydroxyl groups excluding tert-OH is 1. The normalized spacial score (nSPS) is 29.6. The monoisotopic (exact) mass is 1120 g/mol. The second-order valence-electron chi connectivity index (χ2n) is 25.8. The molecule has 0 aromatic heterocycles. The van der Waals surface area contributed by atoms with E-state index in [0.29, 0.717) is 45.9 Å². The van der Waals surface area contributed by atoms with Crippen molar-refractivity contribution in [3.05, 3.63) is 82.0 Å². The highest BCUT2D eigenvalue weighted by atomic mass is 16.6. The zero-order chi connectivity index (χ0) is 57.2. The number of carbonyl (C=O) groups is 4. The molecular weight excluding hydrogens is 1030 g/mol. The van der Waals surface area contributed by atoms with Gasteiger partial charge in [0.2, 0.25) is 23.6 Å². The van der Waals surface area contributed by atoms with Gasteiger partial charge in [0.1, 0.15) is 54.2 Å². The summed E-state index contributed by atoms with van der Waals surface area (Å²) in [6.07, 6.45) is 19.2. The van der Waals surface area contributed by atoms with Crippen molar-refractivity contribution < 1.29 is 66.9 Å². The lowest BCUT2D eigenvalue weighted by Crippen LogP contribution is -2.47. The Morgan fingerprint density at radius 3 is 1.72 bits per heavy atom. The highest BCUT2D eigenvalue weighted by Crippen LogP contribution is 2.60. The van der Waals surface area contributed by atoms with Gasteiger partial charge < -0.3 is 47.7 Å². The first-order valence-electron chi connectivity index (χ1n) is 30.4. The van der Waals surface area contributed by atoms with E-state index < -0.39 is 64.5 Å². The Labute approximate surface area is 479 Å². The van der Waals surface area contributed by atoms with Crippen LogP contribution in [0.1, 0.15) is 137 Å². The first-order valence-corrected chi connectivity index (χ1v) is 30.4. The van der Waals surface area contributed by atoms with Crippen molar-refractivity contribution in [3.63, 3.8) is 0 Å². The van der Waals surface area contributed by atoms with E-state index in [0.717, 1.165) is 70.7 Å². The predicted molar refractivity (Wildman–Crippen MR) is 303 cm³/mol. The van der Waals surface area contributed by atoms with Crippen LogP contribution in [0.4, 0.5) is 0 Å². The number of aliphatic hydroxyl groups is 1. The maximum absolute atomic E-state index is 15.2. The topological polar surface area (TPSA) is 185 Å². The maximum atomic E-state index is 15.2. The van der Waals surface area contributed by atoms with Gasteiger partial charge in [0.25, 0.3) is 0 Å². The van der Waals surface area contributed by atoms with Crippen LogP contribution in [0.2, 0.25) is 0 Å². The van der Waals surface area contributed by atoms with E-state index in [1.807, 2.05) is 52.0 Å². The third-order valence-electron chi connectivity index (χ3n) is 18.3. The number of amides is 4. The summed E-state index contributed by atoms with van der Waals surface area (Å²) in [5.74, 6) is -2.49. The number of hydrogen-bond donors (Lipinski definition) is 1. The summed E-state index contributed by atoms with van der Waals surface area (Å²) in [5, 5.41) is 10.7. The Kier molecular flexibility index (Phi) is 18.7. The molecule has 0 aliphatic carbocycles. The Balaban J connectivity index is 0.725. The molecule has 8 aliphatic rings. The van der Waals surface area contributed by atoms with Crippen molar-refractivity contribution >= 4 is 23.6 Å². The molecule has 444 valence electrons. The minimum atomic E-state index is -1.15. The van der Waals surface area contributed by atoms with E-state index in [2.05, 4.69) is 45.0 Å². The fraction of sp³-hybridized carbons (Fsp3) is 0.692. The summed E-state index contributed by atoms with van der Waals surface area (Å²) in [4.78, 5) is 61.0. The molecule has 6 fully saturated rings.